The van der Waals surface area contributed by atoms with Crippen LogP contribution in [0.2, 0.25) is 0 Å². The second kappa shape index (κ2) is 6.32. The first kappa shape index (κ1) is 15.3. The van der Waals surface area contributed by atoms with Crippen LogP contribution in [0, 0.1) is 6.92 Å². The van der Waals surface area contributed by atoms with Crippen LogP contribution < -0.4 is 14.5 Å². The van der Waals surface area contributed by atoms with Crippen molar-refractivity contribution in [3.8, 4) is 5.75 Å². The van der Waals surface area contributed by atoms with Gasteiger partial charge >= 0.3 is 0 Å². The van der Waals surface area contributed by atoms with E-state index in [1.165, 1.54) is 16.0 Å². The van der Waals surface area contributed by atoms with Crippen LogP contribution in [0.15, 0.2) is 42.5 Å². The molecule has 5 heteroatoms. The van der Waals surface area contributed by atoms with Crippen molar-refractivity contribution in [2.75, 3.05) is 43.1 Å². The third-order valence-electron chi connectivity index (χ3n) is 4.52. The molecule has 1 aliphatic heterocycles. The Morgan fingerprint density at radius 2 is 1.67 bits per heavy atom. The first-order valence-corrected chi connectivity index (χ1v) is 9.06. The van der Waals surface area contributed by atoms with Crippen molar-refractivity contribution >= 4 is 32.4 Å². The Bertz CT molecular complexity index is 835. The largest absolute Gasteiger partial charge is 0.497 e. The van der Waals surface area contributed by atoms with Crippen molar-refractivity contribution in [1.82, 2.24) is 4.98 Å². The summed E-state index contributed by atoms with van der Waals surface area (Å²) in [6.45, 7) is 6.17. The summed E-state index contributed by atoms with van der Waals surface area (Å²) in [4.78, 5) is 9.63. The van der Waals surface area contributed by atoms with Gasteiger partial charge in [0.1, 0.15) is 5.75 Å². The van der Waals surface area contributed by atoms with Gasteiger partial charge in [-0.25, -0.2) is 4.98 Å². The zero-order chi connectivity index (χ0) is 16.5. The molecule has 0 spiro atoms. The van der Waals surface area contributed by atoms with Crippen LogP contribution in [-0.4, -0.2) is 38.3 Å². The second-order valence-electron chi connectivity index (χ2n) is 6.14. The molecule has 1 saturated heterocycles. The van der Waals surface area contributed by atoms with Crippen molar-refractivity contribution in [3.63, 3.8) is 0 Å². The second-order valence-corrected chi connectivity index (χ2v) is 7.15. The number of fused-ring (bicyclic) bond motifs is 1. The number of hydrogen-bond donors (Lipinski definition) is 0. The van der Waals surface area contributed by atoms with E-state index in [1.54, 1.807) is 18.4 Å². The smallest absolute Gasteiger partial charge is 0.186 e. The van der Waals surface area contributed by atoms with Crippen LogP contribution in [0.4, 0.5) is 10.8 Å². The Morgan fingerprint density at radius 1 is 0.958 bits per heavy atom. The minimum Gasteiger partial charge on any atom is -0.497 e. The topological polar surface area (TPSA) is 28.6 Å². The number of rotatable bonds is 3. The fraction of sp³-hybridized carbons (Fsp3) is 0.316. The van der Waals surface area contributed by atoms with Crippen molar-refractivity contribution < 1.29 is 4.74 Å². The predicted octanol–water partition coefficient (Wildman–Crippen LogP) is 3.94. The number of ether oxygens (including phenoxy) is 1. The molecule has 0 saturated carbocycles. The molecule has 0 atom stereocenters. The fourth-order valence-corrected chi connectivity index (χ4v) is 4.22. The van der Waals surface area contributed by atoms with Gasteiger partial charge in [0.2, 0.25) is 0 Å². The third kappa shape index (κ3) is 2.91. The van der Waals surface area contributed by atoms with E-state index >= 15 is 0 Å². The van der Waals surface area contributed by atoms with E-state index in [1.807, 2.05) is 12.1 Å². The molecule has 0 bridgehead atoms. The minimum absolute atomic E-state index is 0.905. The lowest BCUT2D eigenvalue weighted by atomic mass is 10.2. The van der Waals surface area contributed by atoms with Crippen LogP contribution in [0.3, 0.4) is 0 Å². The molecule has 0 N–H and O–H groups in total. The highest BCUT2D eigenvalue weighted by molar-refractivity contribution is 7.22. The number of aromatic nitrogens is 1. The number of benzene rings is 2. The van der Waals surface area contributed by atoms with Gasteiger partial charge in [-0.3, -0.25) is 0 Å². The van der Waals surface area contributed by atoms with Gasteiger partial charge in [-0.05, 0) is 48.9 Å². The molecule has 24 heavy (non-hydrogen) atoms. The molecule has 4 nitrogen and oxygen atoms in total. The first-order chi connectivity index (χ1) is 11.7. The lowest BCUT2D eigenvalue weighted by Crippen LogP contribution is -2.46. The Balaban J connectivity index is 1.46. The Labute approximate surface area is 146 Å². The molecule has 124 valence electrons. The molecule has 0 amide bonds. The lowest BCUT2D eigenvalue weighted by Gasteiger charge is -2.36. The standard InChI is InChI=1S/C19H21N3OS/c1-14-3-8-17-18(13-14)24-19(20-17)22-11-9-21(10-12-22)15-4-6-16(23-2)7-5-15/h3-8,13H,9-12H2,1-2H3. The molecule has 1 aromatic heterocycles. The van der Waals surface area contributed by atoms with Crippen molar-refractivity contribution in [2.45, 2.75) is 6.92 Å². The highest BCUT2D eigenvalue weighted by atomic mass is 32.1. The maximum atomic E-state index is 5.23. The summed E-state index contributed by atoms with van der Waals surface area (Å²) in [5.41, 5.74) is 3.66. The number of methoxy groups -OCH3 is 1. The number of nitrogens with zero attached hydrogens (tertiary/aromatic N) is 3. The zero-order valence-electron chi connectivity index (χ0n) is 14.0. The van der Waals surface area contributed by atoms with Crippen LogP contribution >= 0.6 is 11.3 Å². The summed E-state index contributed by atoms with van der Waals surface area (Å²) in [5.74, 6) is 0.905. The molecule has 0 unspecified atom stereocenters. The normalized spacial score (nSPS) is 15.1. The molecule has 3 aromatic rings. The van der Waals surface area contributed by atoms with E-state index < -0.39 is 0 Å². The lowest BCUT2D eigenvalue weighted by molar-refractivity contribution is 0.415. The molecule has 1 aliphatic rings. The first-order valence-electron chi connectivity index (χ1n) is 8.24. The number of anilines is 2. The van der Waals surface area contributed by atoms with Crippen LogP contribution in [0.25, 0.3) is 10.2 Å². The van der Waals surface area contributed by atoms with Crippen LogP contribution in [-0.2, 0) is 0 Å². The Kier molecular flexibility index (Phi) is 4.02. The van der Waals surface area contributed by atoms with Crippen LogP contribution in [0.5, 0.6) is 5.75 Å². The molecular formula is C19H21N3OS. The number of thiazole rings is 1. The predicted molar refractivity (Wildman–Crippen MR) is 102 cm³/mol. The summed E-state index contributed by atoms with van der Waals surface area (Å²) in [5, 5.41) is 1.14. The highest BCUT2D eigenvalue weighted by Gasteiger charge is 2.20. The number of hydrogen-bond acceptors (Lipinski definition) is 5. The monoisotopic (exact) mass is 339 g/mol. The van der Waals surface area contributed by atoms with Gasteiger partial charge < -0.3 is 14.5 Å². The van der Waals surface area contributed by atoms with Gasteiger partial charge in [-0.2, -0.15) is 0 Å². The summed E-state index contributed by atoms with van der Waals surface area (Å²) in [7, 11) is 1.70. The van der Waals surface area contributed by atoms with E-state index in [-0.39, 0.29) is 0 Å². The Morgan fingerprint density at radius 3 is 2.38 bits per heavy atom. The fourth-order valence-electron chi connectivity index (χ4n) is 3.10. The summed E-state index contributed by atoms with van der Waals surface area (Å²) < 4.78 is 6.52. The van der Waals surface area contributed by atoms with Gasteiger partial charge in [-0.15, -0.1) is 0 Å². The maximum absolute atomic E-state index is 5.23. The molecule has 1 fully saturated rings. The Hall–Kier alpha value is -2.27. The van der Waals surface area contributed by atoms with E-state index in [9.17, 15) is 0 Å². The average Bonchev–Trinajstić information content (AvgIpc) is 3.05. The number of piperazine rings is 1. The van der Waals surface area contributed by atoms with Gasteiger partial charge in [0.05, 0.1) is 17.3 Å². The molecule has 2 aromatic carbocycles. The molecule has 2 heterocycles. The average molecular weight is 339 g/mol. The van der Waals surface area contributed by atoms with Crippen molar-refractivity contribution in [3.05, 3.63) is 48.0 Å². The summed E-state index contributed by atoms with van der Waals surface area (Å²) in [6, 6.07) is 14.8. The summed E-state index contributed by atoms with van der Waals surface area (Å²) in [6.07, 6.45) is 0. The SMILES string of the molecule is COc1ccc(N2CCN(c3nc4ccc(C)cc4s3)CC2)cc1. The van der Waals surface area contributed by atoms with Crippen LogP contribution in [0.1, 0.15) is 5.56 Å². The molecule has 4 rings (SSSR count). The zero-order valence-corrected chi connectivity index (χ0v) is 14.8. The third-order valence-corrected chi connectivity index (χ3v) is 5.60. The quantitative estimate of drug-likeness (QED) is 0.723. The van der Waals surface area contributed by atoms with Gasteiger partial charge in [0.25, 0.3) is 0 Å². The van der Waals surface area contributed by atoms with E-state index in [0.717, 1.165) is 42.6 Å². The molecular weight excluding hydrogens is 318 g/mol. The van der Waals surface area contributed by atoms with Crippen molar-refractivity contribution in [2.24, 2.45) is 0 Å². The summed E-state index contributed by atoms with van der Waals surface area (Å²) >= 11 is 1.80. The minimum atomic E-state index is 0.905. The highest BCUT2D eigenvalue weighted by Crippen LogP contribution is 2.30. The van der Waals surface area contributed by atoms with Crippen molar-refractivity contribution in [1.29, 1.82) is 0 Å². The maximum Gasteiger partial charge on any atom is 0.186 e. The van der Waals surface area contributed by atoms with Gasteiger partial charge in [0.15, 0.2) is 5.13 Å². The van der Waals surface area contributed by atoms with E-state index in [2.05, 4.69) is 47.1 Å². The van der Waals surface area contributed by atoms with E-state index in [0.29, 0.717) is 0 Å². The molecule has 0 aliphatic carbocycles. The van der Waals surface area contributed by atoms with E-state index in [4.69, 9.17) is 9.72 Å². The van der Waals surface area contributed by atoms with Gasteiger partial charge in [-0.1, -0.05) is 17.4 Å². The van der Waals surface area contributed by atoms with Gasteiger partial charge in [0, 0.05) is 31.9 Å². The molecule has 0 radical (unpaired) electrons. The number of aryl methyl sites for hydroxylation is 1.